The van der Waals surface area contributed by atoms with Gasteiger partial charge < -0.3 is 14.8 Å². The van der Waals surface area contributed by atoms with Crippen molar-refractivity contribution in [2.75, 3.05) is 18.5 Å². The molecule has 0 radical (unpaired) electrons. The Morgan fingerprint density at radius 2 is 1.39 bits per heavy atom. The minimum Gasteiger partial charge on any atom is -0.482 e. The van der Waals surface area contributed by atoms with Crippen molar-refractivity contribution in [3.8, 4) is 5.75 Å². The molecule has 3 aromatic carbocycles. The number of aryl methyl sites for hydroxylation is 2. The molecular weight excluding hydrogens is 394 g/mol. The van der Waals surface area contributed by atoms with E-state index in [2.05, 4.69) is 5.32 Å². The molecule has 0 saturated carbocycles. The standard InChI is InChI=1S/C25H23NO5/c1-17-12-18(2)14-21(13-17)26-23(27)15-31-24(28)16-30-22-10-8-20(9-11-22)25(29)19-6-4-3-5-7-19/h3-14H,15-16H2,1-2H3,(H,26,27). The van der Waals surface area contributed by atoms with Gasteiger partial charge in [-0.2, -0.15) is 0 Å². The summed E-state index contributed by atoms with van der Waals surface area (Å²) in [5.74, 6) is -0.773. The van der Waals surface area contributed by atoms with E-state index in [0.29, 0.717) is 22.6 Å². The number of ketones is 1. The number of hydrogen-bond acceptors (Lipinski definition) is 5. The molecule has 1 N–H and O–H groups in total. The second kappa shape index (κ2) is 10.2. The lowest BCUT2D eigenvalue weighted by Gasteiger charge is -2.09. The number of carbonyl (C=O) groups is 3. The van der Waals surface area contributed by atoms with Gasteiger partial charge in [-0.15, -0.1) is 0 Å². The van der Waals surface area contributed by atoms with Crippen LogP contribution in [0.2, 0.25) is 0 Å². The van der Waals surface area contributed by atoms with Crippen LogP contribution in [0, 0.1) is 13.8 Å². The zero-order chi connectivity index (χ0) is 22.2. The van der Waals surface area contributed by atoms with Crippen LogP contribution in [0.15, 0.2) is 72.8 Å². The third-order valence-electron chi connectivity index (χ3n) is 4.38. The van der Waals surface area contributed by atoms with Gasteiger partial charge in [-0.3, -0.25) is 9.59 Å². The molecule has 0 spiro atoms. The molecule has 3 aromatic rings. The first-order valence-electron chi connectivity index (χ1n) is 9.77. The van der Waals surface area contributed by atoms with E-state index in [0.717, 1.165) is 11.1 Å². The van der Waals surface area contributed by atoms with E-state index in [4.69, 9.17) is 9.47 Å². The van der Waals surface area contributed by atoms with Crippen LogP contribution < -0.4 is 10.1 Å². The molecule has 0 aliphatic heterocycles. The van der Waals surface area contributed by atoms with Crippen LogP contribution in [0.1, 0.15) is 27.0 Å². The van der Waals surface area contributed by atoms with Gasteiger partial charge in [0.15, 0.2) is 19.0 Å². The Balaban J connectivity index is 1.44. The molecule has 0 fully saturated rings. The van der Waals surface area contributed by atoms with Crippen LogP contribution in [0.25, 0.3) is 0 Å². The first kappa shape index (κ1) is 21.8. The summed E-state index contributed by atoms with van der Waals surface area (Å²) in [6, 6.07) is 21.1. The zero-order valence-electron chi connectivity index (χ0n) is 17.4. The minimum absolute atomic E-state index is 0.0959. The van der Waals surface area contributed by atoms with Gasteiger partial charge in [-0.1, -0.05) is 36.4 Å². The van der Waals surface area contributed by atoms with Crippen LogP contribution in [0.3, 0.4) is 0 Å². The van der Waals surface area contributed by atoms with E-state index in [1.807, 2.05) is 38.1 Å². The predicted molar refractivity (Wildman–Crippen MR) is 117 cm³/mol. The van der Waals surface area contributed by atoms with Gasteiger partial charge >= 0.3 is 5.97 Å². The van der Waals surface area contributed by atoms with Crippen LogP contribution in [-0.2, 0) is 14.3 Å². The zero-order valence-corrected chi connectivity index (χ0v) is 17.4. The van der Waals surface area contributed by atoms with E-state index in [-0.39, 0.29) is 12.4 Å². The fourth-order valence-corrected chi connectivity index (χ4v) is 3.03. The quantitative estimate of drug-likeness (QED) is 0.441. The monoisotopic (exact) mass is 417 g/mol. The van der Waals surface area contributed by atoms with Crippen molar-refractivity contribution in [3.05, 3.63) is 95.1 Å². The van der Waals surface area contributed by atoms with Gasteiger partial charge in [0.05, 0.1) is 0 Å². The lowest BCUT2D eigenvalue weighted by Crippen LogP contribution is -2.23. The molecule has 3 rings (SSSR count). The van der Waals surface area contributed by atoms with Crippen LogP contribution in [0.5, 0.6) is 5.75 Å². The number of esters is 1. The largest absolute Gasteiger partial charge is 0.482 e. The summed E-state index contributed by atoms with van der Waals surface area (Å²) in [4.78, 5) is 36.2. The minimum atomic E-state index is -0.667. The highest BCUT2D eigenvalue weighted by molar-refractivity contribution is 6.09. The molecule has 31 heavy (non-hydrogen) atoms. The van der Waals surface area contributed by atoms with Crippen molar-refractivity contribution >= 4 is 23.3 Å². The summed E-state index contributed by atoms with van der Waals surface area (Å²) in [5, 5.41) is 2.69. The first-order chi connectivity index (χ1) is 14.9. The number of nitrogens with one attached hydrogen (secondary N) is 1. The maximum Gasteiger partial charge on any atom is 0.344 e. The maximum absolute atomic E-state index is 12.4. The van der Waals surface area contributed by atoms with E-state index in [9.17, 15) is 14.4 Å². The van der Waals surface area contributed by atoms with E-state index < -0.39 is 18.5 Å². The summed E-state index contributed by atoms with van der Waals surface area (Å²) >= 11 is 0. The predicted octanol–water partition coefficient (Wildman–Crippen LogP) is 4.10. The molecular formula is C25H23NO5. The summed E-state index contributed by atoms with van der Waals surface area (Å²) in [7, 11) is 0. The van der Waals surface area contributed by atoms with Crippen molar-refractivity contribution < 1.29 is 23.9 Å². The number of hydrogen-bond donors (Lipinski definition) is 1. The van der Waals surface area contributed by atoms with E-state index >= 15 is 0 Å². The number of rotatable bonds is 8. The average molecular weight is 417 g/mol. The van der Waals surface area contributed by atoms with Crippen molar-refractivity contribution in [3.63, 3.8) is 0 Å². The Labute approximate surface area is 180 Å². The van der Waals surface area contributed by atoms with Crippen molar-refractivity contribution in [2.45, 2.75) is 13.8 Å². The Kier molecular flexibility index (Phi) is 7.17. The fourth-order valence-electron chi connectivity index (χ4n) is 3.03. The summed E-state index contributed by atoms with van der Waals surface area (Å²) in [6.45, 7) is 3.12. The summed E-state index contributed by atoms with van der Waals surface area (Å²) in [5.41, 5.74) is 3.82. The molecule has 6 heteroatoms. The van der Waals surface area contributed by atoms with Gasteiger partial charge in [0.2, 0.25) is 0 Å². The van der Waals surface area contributed by atoms with Gasteiger partial charge in [0.1, 0.15) is 5.75 Å². The van der Waals surface area contributed by atoms with Gasteiger partial charge in [0.25, 0.3) is 5.91 Å². The van der Waals surface area contributed by atoms with Gasteiger partial charge in [-0.25, -0.2) is 4.79 Å². The van der Waals surface area contributed by atoms with Gasteiger partial charge in [-0.05, 0) is 61.4 Å². The van der Waals surface area contributed by atoms with Crippen LogP contribution >= 0.6 is 0 Å². The topological polar surface area (TPSA) is 81.7 Å². The third kappa shape index (κ3) is 6.54. The number of ether oxygens (including phenoxy) is 2. The van der Waals surface area contributed by atoms with E-state index in [1.165, 1.54) is 0 Å². The molecule has 0 aliphatic carbocycles. The number of anilines is 1. The molecule has 1 amide bonds. The number of benzene rings is 3. The number of amides is 1. The van der Waals surface area contributed by atoms with Gasteiger partial charge in [0, 0.05) is 16.8 Å². The SMILES string of the molecule is Cc1cc(C)cc(NC(=O)COC(=O)COc2ccc(C(=O)c3ccccc3)cc2)c1. The molecule has 0 unspecified atom stereocenters. The Hall–Kier alpha value is -3.93. The highest BCUT2D eigenvalue weighted by atomic mass is 16.6. The fraction of sp³-hybridized carbons (Fsp3) is 0.160. The molecule has 0 atom stereocenters. The second-order valence-electron chi connectivity index (χ2n) is 7.09. The highest BCUT2D eigenvalue weighted by Crippen LogP contribution is 2.16. The molecule has 0 heterocycles. The molecule has 0 aromatic heterocycles. The molecule has 0 saturated heterocycles. The lowest BCUT2D eigenvalue weighted by molar-refractivity contribution is -0.149. The molecule has 0 bridgehead atoms. The molecule has 0 aliphatic rings. The first-order valence-corrected chi connectivity index (χ1v) is 9.77. The average Bonchev–Trinajstić information content (AvgIpc) is 2.76. The summed E-state index contributed by atoms with van der Waals surface area (Å²) < 4.78 is 10.3. The normalized spacial score (nSPS) is 10.3. The molecule has 6 nitrogen and oxygen atoms in total. The number of carbonyl (C=O) groups excluding carboxylic acids is 3. The smallest absolute Gasteiger partial charge is 0.344 e. The Morgan fingerprint density at radius 1 is 0.774 bits per heavy atom. The summed E-state index contributed by atoms with van der Waals surface area (Å²) in [6.07, 6.45) is 0. The van der Waals surface area contributed by atoms with Crippen LogP contribution in [-0.4, -0.2) is 30.9 Å². The Morgan fingerprint density at radius 3 is 2.03 bits per heavy atom. The van der Waals surface area contributed by atoms with Crippen molar-refractivity contribution in [1.82, 2.24) is 0 Å². The van der Waals surface area contributed by atoms with Crippen molar-refractivity contribution in [1.29, 1.82) is 0 Å². The maximum atomic E-state index is 12.4. The van der Waals surface area contributed by atoms with Crippen LogP contribution in [0.4, 0.5) is 5.69 Å². The Bertz CT molecular complexity index is 1050. The highest BCUT2D eigenvalue weighted by Gasteiger charge is 2.11. The second-order valence-corrected chi connectivity index (χ2v) is 7.09. The molecule has 158 valence electrons. The van der Waals surface area contributed by atoms with E-state index in [1.54, 1.807) is 48.5 Å². The van der Waals surface area contributed by atoms with Crippen molar-refractivity contribution in [2.24, 2.45) is 0 Å². The lowest BCUT2D eigenvalue weighted by atomic mass is 10.0. The third-order valence-corrected chi connectivity index (χ3v) is 4.38.